The summed E-state index contributed by atoms with van der Waals surface area (Å²) in [7, 11) is 0.456. The Kier molecular flexibility index (Phi) is 5.14. The van der Waals surface area contributed by atoms with Gasteiger partial charge in [0.1, 0.15) is 4.21 Å². The average Bonchev–Trinajstić information content (AvgIpc) is 3.09. The van der Waals surface area contributed by atoms with Crippen LogP contribution in [0.3, 0.4) is 0 Å². The Bertz CT molecular complexity index is 1240. The number of aryl methyl sites for hydroxylation is 1. The normalized spacial score (nSPS) is 16.2. The summed E-state index contributed by atoms with van der Waals surface area (Å²) in [5.41, 5.74) is 2.05. The molecule has 1 aromatic carbocycles. The summed E-state index contributed by atoms with van der Waals surface area (Å²) >= 11 is 7.24. The first-order valence-corrected chi connectivity index (χ1v) is 11.9. The number of aromatic nitrogens is 2. The lowest BCUT2D eigenvalue weighted by Crippen LogP contribution is -2.22. The minimum atomic E-state index is -3.45. The number of hydrogen-bond acceptors (Lipinski definition) is 6. The zero-order valence-electron chi connectivity index (χ0n) is 16.2. The smallest absolute Gasteiger partial charge is 0.271 e. The average molecular weight is 450 g/mol. The van der Waals surface area contributed by atoms with Gasteiger partial charge < -0.3 is 4.90 Å². The van der Waals surface area contributed by atoms with E-state index in [1.807, 2.05) is 32.0 Å². The molecule has 0 saturated heterocycles. The van der Waals surface area contributed by atoms with Gasteiger partial charge in [-0.25, -0.2) is 8.42 Å². The fourth-order valence-electron chi connectivity index (χ4n) is 3.26. The number of sulfone groups is 1. The van der Waals surface area contributed by atoms with Crippen molar-refractivity contribution in [2.24, 2.45) is 0 Å². The van der Waals surface area contributed by atoms with E-state index in [1.165, 1.54) is 22.1 Å². The molecule has 0 saturated carbocycles. The second-order valence-corrected chi connectivity index (χ2v) is 11.1. The first kappa shape index (κ1) is 20.3. The summed E-state index contributed by atoms with van der Waals surface area (Å²) in [5, 5.41) is 5.15. The summed E-state index contributed by atoms with van der Waals surface area (Å²) < 4.78 is 27.5. The first-order chi connectivity index (χ1) is 13.7. The predicted molar refractivity (Wildman–Crippen MR) is 116 cm³/mol. The molecule has 0 fully saturated rings. The predicted octanol–water partition coefficient (Wildman–Crippen LogP) is 3.57. The van der Waals surface area contributed by atoms with Gasteiger partial charge >= 0.3 is 0 Å². The van der Waals surface area contributed by atoms with Crippen molar-refractivity contribution in [1.82, 2.24) is 14.7 Å². The Morgan fingerprint density at radius 3 is 2.55 bits per heavy atom. The van der Waals surface area contributed by atoms with Gasteiger partial charge in [0.2, 0.25) is 0 Å². The molecule has 152 valence electrons. The number of halogens is 1. The van der Waals surface area contributed by atoms with Crippen LogP contribution in [0.1, 0.15) is 23.4 Å². The standard InChI is InChI=1S/C20H20ClN3O3S2/c1-12(23(2)3)17-11-16-19-13(8-9-29(26,27)20(16)28-17)10-18(25)24(22-19)15-6-4-14(21)5-7-15/h4-7,10-12H,8-9H2,1-3H3/t12-/m1/s1. The number of nitrogens with zero attached hydrogens (tertiary/aromatic N) is 3. The van der Waals surface area contributed by atoms with E-state index in [4.69, 9.17) is 11.6 Å². The molecule has 0 radical (unpaired) electrons. The first-order valence-electron chi connectivity index (χ1n) is 9.10. The van der Waals surface area contributed by atoms with Gasteiger partial charge in [-0.15, -0.1) is 11.3 Å². The zero-order chi connectivity index (χ0) is 20.9. The Balaban J connectivity index is 1.96. The van der Waals surface area contributed by atoms with Gasteiger partial charge in [-0.3, -0.25) is 4.79 Å². The van der Waals surface area contributed by atoms with Crippen molar-refractivity contribution in [3.8, 4) is 16.9 Å². The van der Waals surface area contributed by atoms with Gasteiger partial charge in [-0.2, -0.15) is 9.78 Å². The van der Waals surface area contributed by atoms with Crippen LogP contribution in [0.5, 0.6) is 0 Å². The van der Waals surface area contributed by atoms with E-state index in [0.717, 1.165) is 4.88 Å². The maximum Gasteiger partial charge on any atom is 0.271 e. The molecule has 3 aromatic rings. The van der Waals surface area contributed by atoms with Crippen molar-refractivity contribution in [3.63, 3.8) is 0 Å². The molecule has 0 unspecified atom stereocenters. The third kappa shape index (κ3) is 3.66. The monoisotopic (exact) mass is 449 g/mol. The number of benzene rings is 1. The number of hydrogen-bond donors (Lipinski definition) is 0. The molecule has 0 aliphatic carbocycles. The highest BCUT2D eigenvalue weighted by atomic mass is 35.5. The quantitative estimate of drug-likeness (QED) is 0.611. The zero-order valence-corrected chi connectivity index (χ0v) is 18.6. The van der Waals surface area contributed by atoms with Crippen LogP contribution in [0.15, 0.2) is 45.4 Å². The second-order valence-electron chi connectivity index (χ2n) is 7.30. The van der Waals surface area contributed by atoms with Gasteiger partial charge in [0.05, 0.1) is 17.1 Å². The molecule has 1 aliphatic rings. The molecule has 1 atom stereocenters. The summed E-state index contributed by atoms with van der Waals surface area (Å²) in [6.45, 7) is 2.03. The lowest BCUT2D eigenvalue weighted by Gasteiger charge is -2.17. The van der Waals surface area contributed by atoms with E-state index in [-0.39, 0.29) is 23.8 Å². The Labute approximate surface area is 178 Å². The summed E-state index contributed by atoms with van der Waals surface area (Å²) in [6, 6.07) is 10.3. The lowest BCUT2D eigenvalue weighted by atomic mass is 10.1. The Hall–Kier alpha value is -2.00. The molecule has 6 nitrogen and oxygen atoms in total. The molecule has 3 heterocycles. The van der Waals surface area contributed by atoms with Crippen LogP contribution in [-0.2, 0) is 16.3 Å². The molecule has 0 amide bonds. The molecule has 9 heteroatoms. The third-order valence-corrected chi connectivity index (χ3v) is 9.05. The Morgan fingerprint density at radius 2 is 1.90 bits per heavy atom. The maximum absolute atomic E-state index is 12.9. The topological polar surface area (TPSA) is 72.3 Å². The van der Waals surface area contributed by atoms with Crippen LogP contribution in [-0.4, -0.2) is 42.9 Å². The van der Waals surface area contributed by atoms with Crippen LogP contribution < -0.4 is 5.56 Å². The van der Waals surface area contributed by atoms with Crippen molar-refractivity contribution in [1.29, 1.82) is 0 Å². The van der Waals surface area contributed by atoms with E-state index in [0.29, 0.717) is 31.7 Å². The number of thiophene rings is 1. The minimum Gasteiger partial charge on any atom is -0.302 e. The molecule has 0 spiro atoms. The highest BCUT2D eigenvalue weighted by molar-refractivity contribution is 7.93. The largest absolute Gasteiger partial charge is 0.302 e. The van der Waals surface area contributed by atoms with Crippen molar-refractivity contribution >= 4 is 32.8 Å². The van der Waals surface area contributed by atoms with Crippen molar-refractivity contribution in [2.45, 2.75) is 23.6 Å². The maximum atomic E-state index is 12.9. The summed E-state index contributed by atoms with van der Waals surface area (Å²) in [6.07, 6.45) is 0.265. The van der Waals surface area contributed by atoms with E-state index >= 15 is 0 Å². The van der Waals surface area contributed by atoms with Crippen LogP contribution in [0.25, 0.3) is 16.9 Å². The summed E-state index contributed by atoms with van der Waals surface area (Å²) in [5.74, 6) is -0.0324. The van der Waals surface area contributed by atoms with E-state index in [2.05, 4.69) is 5.10 Å². The highest BCUT2D eigenvalue weighted by Gasteiger charge is 2.31. The molecule has 2 aromatic heterocycles. The molecule has 0 N–H and O–H groups in total. The SMILES string of the molecule is C[C@H](c1cc2c(s1)S(=O)(=O)CCc1cc(=O)n(-c3ccc(Cl)cc3)nc1-2)N(C)C. The van der Waals surface area contributed by atoms with Gasteiger partial charge in [0, 0.05) is 27.6 Å². The highest BCUT2D eigenvalue weighted by Crippen LogP contribution is 2.41. The Morgan fingerprint density at radius 1 is 1.21 bits per heavy atom. The van der Waals surface area contributed by atoms with Crippen molar-refractivity contribution in [2.75, 3.05) is 19.8 Å². The van der Waals surface area contributed by atoms with Gasteiger partial charge in [-0.1, -0.05) is 11.6 Å². The molecular weight excluding hydrogens is 430 g/mol. The van der Waals surface area contributed by atoms with Crippen LogP contribution >= 0.6 is 22.9 Å². The van der Waals surface area contributed by atoms with Crippen molar-refractivity contribution in [3.05, 3.63) is 62.2 Å². The third-order valence-electron chi connectivity index (χ3n) is 5.16. The summed E-state index contributed by atoms with van der Waals surface area (Å²) in [4.78, 5) is 15.7. The minimum absolute atomic E-state index is 0.0324. The lowest BCUT2D eigenvalue weighted by molar-refractivity contribution is 0.325. The number of rotatable bonds is 3. The molecule has 0 bridgehead atoms. The van der Waals surface area contributed by atoms with Crippen LogP contribution in [0.2, 0.25) is 5.02 Å². The van der Waals surface area contributed by atoms with Gasteiger partial charge in [-0.05, 0) is 63.3 Å². The van der Waals surface area contributed by atoms with Crippen LogP contribution in [0.4, 0.5) is 0 Å². The van der Waals surface area contributed by atoms with E-state index in [9.17, 15) is 13.2 Å². The fourth-order valence-corrected chi connectivity index (χ4v) is 6.64. The van der Waals surface area contributed by atoms with E-state index in [1.54, 1.807) is 24.3 Å². The molecular formula is C20H20ClN3O3S2. The van der Waals surface area contributed by atoms with E-state index < -0.39 is 9.84 Å². The molecule has 1 aliphatic heterocycles. The molecule has 4 rings (SSSR count). The number of fused-ring (bicyclic) bond motifs is 3. The molecule has 29 heavy (non-hydrogen) atoms. The van der Waals surface area contributed by atoms with Crippen molar-refractivity contribution < 1.29 is 8.42 Å². The van der Waals surface area contributed by atoms with Gasteiger partial charge in [0.25, 0.3) is 5.56 Å². The second kappa shape index (κ2) is 7.36. The van der Waals surface area contributed by atoms with Gasteiger partial charge in [0.15, 0.2) is 9.84 Å². The van der Waals surface area contributed by atoms with Crippen LogP contribution in [0, 0.1) is 0 Å². The fraction of sp³-hybridized carbons (Fsp3) is 0.300.